The Morgan fingerprint density at radius 2 is 2.33 bits per heavy atom. The van der Waals surface area contributed by atoms with E-state index in [1.807, 2.05) is 0 Å². The lowest BCUT2D eigenvalue weighted by Gasteiger charge is -2.12. The summed E-state index contributed by atoms with van der Waals surface area (Å²) in [6.45, 7) is 0.790. The van der Waals surface area contributed by atoms with Gasteiger partial charge in [-0.25, -0.2) is 9.78 Å². The molecule has 10 heteroatoms. The van der Waals surface area contributed by atoms with Gasteiger partial charge < -0.3 is 21.1 Å². The van der Waals surface area contributed by atoms with E-state index in [0.29, 0.717) is 18.8 Å². The van der Waals surface area contributed by atoms with E-state index < -0.39 is 17.9 Å². The van der Waals surface area contributed by atoms with E-state index in [9.17, 15) is 9.59 Å². The molecule has 5 N–H and O–H groups in total. The van der Waals surface area contributed by atoms with E-state index in [-0.39, 0.29) is 12.1 Å². The number of amides is 1. The van der Waals surface area contributed by atoms with Crippen LogP contribution >= 0.6 is 0 Å². The maximum Gasteiger partial charge on any atom is 0.326 e. The van der Waals surface area contributed by atoms with Gasteiger partial charge in [0.15, 0.2) is 5.69 Å². The highest BCUT2D eigenvalue weighted by Gasteiger charge is 2.23. The van der Waals surface area contributed by atoms with Crippen molar-refractivity contribution in [2.75, 3.05) is 6.54 Å². The first-order valence-electron chi connectivity index (χ1n) is 6.21. The number of carbonyl (C=O) groups excluding carboxylic acids is 1. The molecule has 112 valence electrons. The van der Waals surface area contributed by atoms with Crippen molar-refractivity contribution in [3.8, 4) is 0 Å². The summed E-state index contributed by atoms with van der Waals surface area (Å²) >= 11 is 0. The first-order valence-corrected chi connectivity index (χ1v) is 6.21. The van der Waals surface area contributed by atoms with Crippen LogP contribution in [0.3, 0.4) is 0 Å². The lowest BCUT2D eigenvalue weighted by atomic mass is 10.1. The molecule has 0 aromatic carbocycles. The number of hydrogen-bond acceptors (Lipinski definition) is 6. The van der Waals surface area contributed by atoms with Crippen LogP contribution in [0, 0.1) is 0 Å². The fourth-order valence-electron chi connectivity index (χ4n) is 1.69. The third-order valence-electron chi connectivity index (χ3n) is 2.71. The molecule has 0 aliphatic rings. The molecule has 2 aromatic rings. The third-order valence-corrected chi connectivity index (χ3v) is 2.71. The summed E-state index contributed by atoms with van der Waals surface area (Å²) in [7, 11) is 0. The first-order chi connectivity index (χ1) is 10.1. The van der Waals surface area contributed by atoms with Crippen LogP contribution in [0.4, 0.5) is 0 Å². The predicted octanol–water partition coefficient (Wildman–Crippen LogP) is -1.61. The topological polar surface area (TPSA) is 152 Å². The lowest BCUT2D eigenvalue weighted by molar-refractivity contribution is -0.139. The fourth-order valence-corrected chi connectivity index (χ4v) is 1.69. The zero-order valence-corrected chi connectivity index (χ0v) is 11.1. The number of carboxylic acids is 1. The molecule has 2 heterocycles. The third kappa shape index (κ3) is 3.86. The molecule has 10 nitrogen and oxygen atoms in total. The van der Waals surface area contributed by atoms with Gasteiger partial charge in [0.2, 0.25) is 0 Å². The summed E-state index contributed by atoms with van der Waals surface area (Å²) in [5.41, 5.74) is 6.01. The van der Waals surface area contributed by atoms with Crippen LogP contribution in [-0.2, 0) is 17.8 Å². The van der Waals surface area contributed by atoms with Crippen molar-refractivity contribution in [3.63, 3.8) is 0 Å². The monoisotopic (exact) mass is 293 g/mol. The highest BCUT2D eigenvalue weighted by molar-refractivity contribution is 5.94. The zero-order valence-electron chi connectivity index (χ0n) is 11.1. The van der Waals surface area contributed by atoms with Crippen LogP contribution in [0.1, 0.15) is 16.2 Å². The minimum Gasteiger partial charge on any atom is -0.480 e. The Hall–Kier alpha value is -2.75. The molecule has 0 radical (unpaired) electrons. The second-order valence-corrected chi connectivity index (χ2v) is 4.30. The summed E-state index contributed by atoms with van der Waals surface area (Å²) < 4.78 is 1.42. The fraction of sp³-hybridized carbons (Fsp3) is 0.364. The van der Waals surface area contributed by atoms with Crippen LogP contribution in [0.2, 0.25) is 0 Å². The molecule has 2 aromatic heterocycles. The Balaban J connectivity index is 2.01. The molecule has 21 heavy (non-hydrogen) atoms. The summed E-state index contributed by atoms with van der Waals surface area (Å²) in [6, 6.07) is -1.09. The molecule has 0 spiro atoms. The van der Waals surface area contributed by atoms with Gasteiger partial charge >= 0.3 is 5.97 Å². The number of nitrogens with one attached hydrogen (secondary N) is 2. The summed E-state index contributed by atoms with van der Waals surface area (Å²) in [4.78, 5) is 29.7. The van der Waals surface area contributed by atoms with Gasteiger partial charge in [-0.05, 0) is 0 Å². The van der Waals surface area contributed by atoms with Crippen molar-refractivity contribution in [2.45, 2.75) is 19.0 Å². The second kappa shape index (κ2) is 6.61. The molecular weight excluding hydrogens is 278 g/mol. The number of nitrogens with zero attached hydrogens (tertiary/aromatic N) is 4. The average molecular weight is 293 g/mol. The molecule has 0 bridgehead atoms. The number of aromatic nitrogens is 5. The Labute approximate surface area is 119 Å². The molecule has 0 aliphatic heterocycles. The van der Waals surface area contributed by atoms with Crippen molar-refractivity contribution >= 4 is 11.9 Å². The maximum absolute atomic E-state index is 12.0. The summed E-state index contributed by atoms with van der Waals surface area (Å²) in [5, 5.41) is 18.9. The Morgan fingerprint density at radius 1 is 1.52 bits per heavy atom. The van der Waals surface area contributed by atoms with Crippen molar-refractivity contribution in [3.05, 3.63) is 30.1 Å². The van der Waals surface area contributed by atoms with Crippen LogP contribution in [0.25, 0.3) is 0 Å². The highest BCUT2D eigenvalue weighted by Crippen LogP contribution is 2.01. The van der Waals surface area contributed by atoms with Gasteiger partial charge in [0, 0.05) is 24.9 Å². The first kappa shape index (κ1) is 14.7. The largest absolute Gasteiger partial charge is 0.480 e. The number of aliphatic carboxylic acids is 1. The van der Waals surface area contributed by atoms with E-state index >= 15 is 0 Å². The average Bonchev–Trinajstić information content (AvgIpc) is 3.09. The number of imidazole rings is 1. The molecule has 0 unspecified atom stereocenters. The molecule has 2 rings (SSSR count). The molecule has 0 fully saturated rings. The molecule has 0 aliphatic carbocycles. The summed E-state index contributed by atoms with van der Waals surface area (Å²) in [6.07, 6.45) is 4.45. The van der Waals surface area contributed by atoms with Gasteiger partial charge in [-0.1, -0.05) is 5.21 Å². The molecule has 0 saturated carbocycles. The number of hydrogen-bond donors (Lipinski definition) is 4. The second-order valence-electron chi connectivity index (χ2n) is 4.30. The van der Waals surface area contributed by atoms with Gasteiger partial charge in [-0.2, -0.15) is 0 Å². The van der Waals surface area contributed by atoms with Crippen LogP contribution < -0.4 is 11.1 Å². The molecule has 1 amide bonds. The Morgan fingerprint density at radius 3 is 2.95 bits per heavy atom. The van der Waals surface area contributed by atoms with Gasteiger partial charge in [0.1, 0.15) is 6.04 Å². The van der Waals surface area contributed by atoms with Gasteiger partial charge in [-0.15, -0.1) is 5.10 Å². The van der Waals surface area contributed by atoms with E-state index in [2.05, 4.69) is 25.6 Å². The van der Waals surface area contributed by atoms with Crippen molar-refractivity contribution in [1.29, 1.82) is 0 Å². The molecular formula is C11H15N7O3. The zero-order chi connectivity index (χ0) is 15.2. The van der Waals surface area contributed by atoms with Gasteiger partial charge in [-0.3, -0.25) is 9.48 Å². The van der Waals surface area contributed by atoms with Crippen molar-refractivity contribution in [2.24, 2.45) is 5.73 Å². The van der Waals surface area contributed by atoms with Crippen LogP contribution in [0.5, 0.6) is 0 Å². The Kier molecular flexibility index (Phi) is 4.61. The van der Waals surface area contributed by atoms with E-state index in [0.717, 1.165) is 0 Å². The maximum atomic E-state index is 12.0. The van der Waals surface area contributed by atoms with Gasteiger partial charge in [0.05, 0.1) is 19.1 Å². The predicted molar refractivity (Wildman–Crippen MR) is 70.3 cm³/mol. The number of H-pyrrole nitrogens is 1. The van der Waals surface area contributed by atoms with E-state index in [4.69, 9.17) is 10.8 Å². The Bertz CT molecular complexity index is 607. The number of carbonyl (C=O) groups is 2. The minimum atomic E-state index is -1.15. The quantitative estimate of drug-likeness (QED) is 0.479. The highest BCUT2D eigenvalue weighted by atomic mass is 16.4. The number of rotatable bonds is 7. The standard InChI is InChI=1S/C11H15N7O3/c12-1-2-18-5-9(16-17-18)10(19)15-8(11(20)21)3-7-4-13-6-14-7/h4-6,8H,1-3,12H2,(H,13,14)(H,15,19)(H,20,21)/t8-/m0/s1. The van der Waals surface area contributed by atoms with Crippen LogP contribution in [0.15, 0.2) is 18.7 Å². The van der Waals surface area contributed by atoms with Crippen molar-refractivity contribution < 1.29 is 14.7 Å². The van der Waals surface area contributed by atoms with E-state index in [1.54, 1.807) is 0 Å². The van der Waals surface area contributed by atoms with Gasteiger partial charge in [0.25, 0.3) is 5.91 Å². The minimum absolute atomic E-state index is 0.0410. The smallest absolute Gasteiger partial charge is 0.326 e. The summed E-state index contributed by atoms with van der Waals surface area (Å²) in [5.74, 6) is -1.75. The van der Waals surface area contributed by atoms with Crippen LogP contribution in [-0.4, -0.2) is 54.5 Å². The number of carboxylic acid groups (broad SMARTS) is 1. The molecule has 0 saturated heterocycles. The van der Waals surface area contributed by atoms with Crippen molar-refractivity contribution in [1.82, 2.24) is 30.3 Å². The lowest BCUT2D eigenvalue weighted by Crippen LogP contribution is -2.42. The van der Waals surface area contributed by atoms with E-state index in [1.165, 1.54) is 23.4 Å². The number of aromatic amines is 1. The SMILES string of the molecule is NCCn1cc(C(=O)N[C@@H](Cc2cnc[nH]2)C(=O)O)nn1. The normalized spacial score (nSPS) is 12.0. The number of nitrogens with two attached hydrogens (primary N) is 1. The molecule has 1 atom stereocenters.